The largest absolute Gasteiger partial charge is 0.416 e. The second kappa shape index (κ2) is 6.68. The molecule has 0 aliphatic carbocycles. The van der Waals surface area contributed by atoms with Crippen LogP contribution in [-0.2, 0) is 11.9 Å². The molecule has 3 aromatic rings. The summed E-state index contributed by atoms with van der Waals surface area (Å²) in [6.45, 7) is 2.01. The number of aromatic nitrogens is 3. The lowest BCUT2D eigenvalue weighted by Gasteiger charge is -2.08. The zero-order valence-corrected chi connectivity index (χ0v) is 13.6. The van der Waals surface area contributed by atoms with Crippen molar-refractivity contribution < 1.29 is 13.2 Å². The van der Waals surface area contributed by atoms with Crippen molar-refractivity contribution in [2.45, 2.75) is 24.0 Å². The molecule has 0 N–H and O–H groups in total. The molecule has 0 aliphatic rings. The number of aryl methyl sites for hydroxylation is 1. The Hall–Kier alpha value is -2.28. The van der Waals surface area contributed by atoms with Gasteiger partial charge in [-0.3, -0.25) is 4.57 Å². The van der Waals surface area contributed by atoms with E-state index in [9.17, 15) is 13.2 Å². The van der Waals surface area contributed by atoms with E-state index in [0.29, 0.717) is 10.9 Å². The molecule has 0 bridgehead atoms. The monoisotopic (exact) mass is 349 g/mol. The SMILES string of the molecule is Cc1ccc(-n2cnnc2SCc2ccc(C(F)(F)F)cc2)cc1. The first-order valence-corrected chi connectivity index (χ1v) is 8.18. The van der Waals surface area contributed by atoms with Crippen molar-refractivity contribution in [3.8, 4) is 5.69 Å². The minimum absolute atomic E-state index is 0.517. The van der Waals surface area contributed by atoms with Crippen LogP contribution in [0.2, 0.25) is 0 Å². The molecular weight excluding hydrogens is 335 g/mol. The summed E-state index contributed by atoms with van der Waals surface area (Å²) in [5.41, 5.74) is 2.26. The molecule has 24 heavy (non-hydrogen) atoms. The molecule has 124 valence electrons. The maximum atomic E-state index is 12.6. The molecular formula is C17H14F3N3S. The summed E-state index contributed by atoms with van der Waals surface area (Å²) >= 11 is 1.43. The molecule has 0 radical (unpaired) electrons. The number of nitrogens with zero attached hydrogens (tertiary/aromatic N) is 3. The normalized spacial score (nSPS) is 11.7. The fourth-order valence-electron chi connectivity index (χ4n) is 2.14. The zero-order chi connectivity index (χ0) is 17.2. The highest BCUT2D eigenvalue weighted by molar-refractivity contribution is 7.98. The van der Waals surface area contributed by atoms with Gasteiger partial charge in [-0.25, -0.2) is 0 Å². The van der Waals surface area contributed by atoms with Gasteiger partial charge in [0.25, 0.3) is 0 Å². The minimum atomic E-state index is -4.31. The van der Waals surface area contributed by atoms with E-state index < -0.39 is 11.7 Å². The second-order valence-electron chi connectivity index (χ2n) is 5.30. The molecule has 2 aromatic carbocycles. The molecule has 3 rings (SSSR count). The van der Waals surface area contributed by atoms with Crippen LogP contribution in [-0.4, -0.2) is 14.8 Å². The molecule has 7 heteroatoms. The Morgan fingerprint density at radius 1 is 1.00 bits per heavy atom. The van der Waals surface area contributed by atoms with Crippen LogP contribution in [0.3, 0.4) is 0 Å². The van der Waals surface area contributed by atoms with Gasteiger partial charge in [-0.2, -0.15) is 13.2 Å². The van der Waals surface area contributed by atoms with E-state index in [1.165, 1.54) is 23.9 Å². The predicted molar refractivity (Wildman–Crippen MR) is 87.1 cm³/mol. The summed E-state index contributed by atoms with van der Waals surface area (Å²) in [5, 5.41) is 8.70. The van der Waals surface area contributed by atoms with Gasteiger partial charge in [0.05, 0.1) is 5.56 Å². The van der Waals surface area contributed by atoms with Gasteiger partial charge in [-0.05, 0) is 36.8 Å². The molecule has 0 unspecified atom stereocenters. The van der Waals surface area contributed by atoms with E-state index in [4.69, 9.17) is 0 Å². The van der Waals surface area contributed by atoms with Crippen LogP contribution in [0.5, 0.6) is 0 Å². The second-order valence-corrected chi connectivity index (χ2v) is 6.24. The highest BCUT2D eigenvalue weighted by Gasteiger charge is 2.29. The molecule has 3 nitrogen and oxygen atoms in total. The molecule has 0 saturated heterocycles. The Kier molecular flexibility index (Phi) is 4.62. The van der Waals surface area contributed by atoms with Crippen LogP contribution >= 0.6 is 11.8 Å². The van der Waals surface area contributed by atoms with E-state index in [2.05, 4.69) is 10.2 Å². The zero-order valence-electron chi connectivity index (χ0n) is 12.8. The molecule has 0 fully saturated rings. The first kappa shape index (κ1) is 16.6. The lowest BCUT2D eigenvalue weighted by Crippen LogP contribution is -2.04. The number of hydrogen-bond donors (Lipinski definition) is 0. The Labute approximate surface area is 141 Å². The Balaban J connectivity index is 1.72. The van der Waals surface area contributed by atoms with Crippen molar-refractivity contribution in [2.24, 2.45) is 0 Å². The molecule has 0 amide bonds. The quantitative estimate of drug-likeness (QED) is 0.629. The third-order valence-electron chi connectivity index (χ3n) is 3.48. The van der Waals surface area contributed by atoms with Crippen molar-refractivity contribution >= 4 is 11.8 Å². The molecule has 0 atom stereocenters. The van der Waals surface area contributed by atoms with Crippen LogP contribution in [0.4, 0.5) is 13.2 Å². The number of benzene rings is 2. The Bertz CT molecular complexity index is 808. The van der Waals surface area contributed by atoms with Crippen molar-refractivity contribution in [1.82, 2.24) is 14.8 Å². The third kappa shape index (κ3) is 3.79. The third-order valence-corrected chi connectivity index (χ3v) is 4.49. The maximum Gasteiger partial charge on any atom is 0.416 e. The Morgan fingerprint density at radius 2 is 1.67 bits per heavy atom. The first-order chi connectivity index (χ1) is 11.4. The molecule has 0 aliphatic heterocycles. The summed E-state index contributed by atoms with van der Waals surface area (Å²) in [6.07, 6.45) is -2.68. The van der Waals surface area contributed by atoms with Crippen molar-refractivity contribution in [2.75, 3.05) is 0 Å². The average Bonchev–Trinajstić information content (AvgIpc) is 3.02. The summed E-state index contributed by atoms with van der Waals surface area (Å²) in [7, 11) is 0. The van der Waals surface area contributed by atoms with E-state index in [-0.39, 0.29) is 0 Å². The van der Waals surface area contributed by atoms with Gasteiger partial charge in [0.1, 0.15) is 6.33 Å². The summed E-state index contributed by atoms with van der Waals surface area (Å²) < 4.78 is 39.6. The van der Waals surface area contributed by atoms with E-state index in [0.717, 1.165) is 28.9 Å². The smallest absolute Gasteiger partial charge is 0.277 e. The van der Waals surface area contributed by atoms with Crippen molar-refractivity contribution in [3.05, 3.63) is 71.5 Å². The standard InChI is InChI=1S/C17H14F3N3S/c1-12-2-8-15(9-3-12)23-11-21-22-16(23)24-10-13-4-6-14(7-5-13)17(18,19)20/h2-9,11H,10H2,1H3. The first-order valence-electron chi connectivity index (χ1n) is 7.19. The lowest BCUT2D eigenvalue weighted by molar-refractivity contribution is -0.137. The van der Waals surface area contributed by atoms with Crippen molar-refractivity contribution in [3.63, 3.8) is 0 Å². The van der Waals surface area contributed by atoms with Gasteiger partial charge < -0.3 is 0 Å². The van der Waals surface area contributed by atoms with Crippen LogP contribution in [0.25, 0.3) is 5.69 Å². The van der Waals surface area contributed by atoms with Crippen LogP contribution in [0, 0.1) is 6.92 Å². The van der Waals surface area contributed by atoms with Crippen molar-refractivity contribution in [1.29, 1.82) is 0 Å². The number of hydrogen-bond acceptors (Lipinski definition) is 3. The van der Waals surface area contributed by atoms with Gasteiger partial charge in [0.15, 0.2) is 5.16 Å². The highest BCUT2D eigenvalue weighted by atomic mass is 32.2. The van der Waals surface area contributed by atoms with E-state index in [1.807, 2.05) is 35.8 Å². The van der Waals surface area contributed by atoms with Gasteiger partial charge in [0.2, 0.25) is 0 Å². The van der Waals surface area contributed by atoms with Crippen LogP contribution < -0.4 is 0 Å². The number of halogens is 3. The van der Waals surface area contributed by atoms with Crippen LogP contribution in [0.1, 0.15) is 16.7 Å². The summed E-state index contributed by atoms with van der Waals surface area (Å²) in [4.78, 5) is 0. The van der Waals surface area contributed by atoms with Crippen LogP contribution in [0.15, 0.2) is 60.0 Å². The Morgan fingerprint density at radius 3 is 2.29 bits per heavy atom. The van der Waals surface area contributed by atoms with Gasteiger partial charge >= 0.3 is 6.18 Å². The highest BCUT2D eigenvalue weighted by Crippen LogP contribution is 2.30. The predicted octanol–water partition coefficient (Wildman–Crippen LogP) is 4.89. The fourth-order valence-corrected chi connectivity index (χ4v) is 3.03. The summed E-state index contributed by atoms with van der Waals surface area (Å²) in [5.74, 6) is 0.517. The fraction of sp³-hybridized carbons (Fsp3) is 0.176. The molecule has 0 saturated carbocycles. The number of rotatable bonds is 4. The maximum absolute atomic E-state index is 12.6. The van der Waals surface area contributed by atoms with E-state index >= 15 is 0 Å². The summed E-state index contributed by atoms with van der Waals surface area (Å²) in [6, 6.07) is 13.1. The lowest BCUT2D eigenvalue weighted by atomic mass is 10.1. The molecule has 0 spiro atoms. The average molecular weight is 349 g/mol. The molecule has 1 heterocycles. The van der Waals surface area contributed by atoms with E-state index in [1.54, 1.807) is 6.33 Å². The van der Waals surface area contributed by atoms with Gasteiger partial charge in [-0.1, -0.05) is 41.6 Å². The van der Waals surface area contributed by atoms with Gasteiger partial charge in [0, 0.05) is 11.4 Å². The molecule has 1 aromatic heterocycles. The topological polar surface area (TPSA) is 30.7 Å². The number of thioether (sulfide) groups is 1. The van der Waals surface area contributed by atoms with Gasteiger partial charge in [-0.15, -0.1) is 10.2 Å². The minimum Gasteiger partial charge on any atom is -0.277 e. The number of alkyl halides is 3.